The van der Waals surface area contributed by atoms with Gasteiger partial charge in [-0.1, -0.05) is 17.7 Å². The van der Waals surface area contributed by atoms with Crippen molar-refractivity contribution >= 4 is 10.1 Å². The number of rotatable bonds is 1. The summed E-state index contributed by atoms with van der Waals surface area (Å²) in [5.41, 5.74) is 2.16. The average Bonchev–Trinajstić information content (AvgIpc) is 1.78. The van der Waals surface area contributed by atoms with Gasteiger partial charge in [-0.25, -0.2) is 8.99 Å². The monoisotopic (exact) mass is 201 g/mol. The van der Waals surface area contributed by atoms with Crippen LogP contribution in [0.5, 0.6) is 0 Å². The molecule has 0 bridgehead atoms. The molecule has 0 amide bonds. The van der Waals surface area contributed by atoms with Crippen LogP contribution in [-0.2, 0) is 10.1 Å². The first-order valence-electron chi connectivity index (χ1n) is 3.88. The normalized spacial score (nSPS) is 15.4. The number of aryl methyl sites for hydroxylation is 3. The molecule has 0 radical (unpaired) electrons. The molecule has 0 saturated heterocycles. The third kappa shape index (κ3) is 2.06. The first-order chi connectivity index (χ1) is 5.82. The van der Waals surface area contributed by atoms with Crippen molar-refractivity contribution in [2.24, 2.45) is 0 Å². The molecule has 0 aliphatic carbocycles. The van der Waals surface area contributed by atoms with Crippen LogP contribution in [0, 0.1) is 25.6 Å². The smallest absolute Gasteiger partial charge is 0.222 e. The van der Waals surface area contributed by atoms with Crippen molar-refractivity contribution < 1.29 is 8.09 Å². The van der Waals surface area contributed by atoms with Crippen molar-refractivity contribution in [1.82, 2.24) is 0 Å². The zero-order valence-corrected chi connectivity index (χ0v) is 8.67. The van der Waals surface area contributed by atoms with Crippen molar-refractivity contribution in [3.05, 3.63) is 28.8 Å². The van der Waals surface area contributed by atoms with Crippen LogP contribution < -0.4 is 0 Å². The van der Waals surface area contributed by atoms with Gasteiger partial charge in [0.05, 0.1) is 4.90 Å². The summed E-state index contributed by atoms with van der Waals surface area (Å²) in [5.74, 6) is 0. The van der Waals surface area contributed by atoms with Crippen molar-refractivity contribution in [2.75, 3.05) is 0 Å². The summed E-state index contributed by atoms with van der Waals surface area (Å²) in [4.78, 5) is 0.0260. The van der Waals surface area contributed by atoms with Crippen LogP contribution in [0.1, 0.15) is 16.7 Å². The Bertz CT molecular complexity index is 414. The fourth-order valence-corrected chi connectivity index (χ4v) is 2.53. The maximum atomic E-state index is 13.0. The zero-order valence-electron chi connectivity index (χ0n) is 7.85. The van der Waals surface area contributed by atoms with Crippen LogP contribution in [0.15, 0.2) is 17.0 Å². The van der Waals surface area contributed by atoms with E-state index in [2.05, 4.69) is 0 Å². The molecule has 1 N–H and O–H groups in total. The standard InChI is InChI=1S/C9H12FNOS/c1-6-4-7(2)9(8(3)5-6)13(10,11)12/h4-5,11H,1-3H3. The highest BCUT2D eigenvalue weighted by atomic mass is 32.3. The predicted octanol–water partition coefficient (Wildman–Crippen LogP) is 2.90. The van der Waals surface area contributed by atoms with Crippen molar-refractivity contribution in [3.8, 4) is 0 Å². The van der Waals surface area contributed by atoms with Gasteiger partial charge in [0.15, 0.2) is 0 Å². The van der Waals surface area contributed by atoms with Gasteiger partial charge in [0, 0.05) is 0 Å². The molecule has 1 atom stereocenters. The Morgan fingerprint density at radius 2 is 1.62 bits per heavy atom. The Morgan fingerprint density at radius 1 is 1.23 bits per heavy atom. The minimum atomic E-state index is -4.08. The van der Waals surface area contributed by atoms with E-state index in [1.165, 1.54) is 0 Å². The van der Waals surface area contributed by atoms with Crippen LogP contribution in [0.3, 0.4) is 0 Å². The van der Waals surface area contributed by atoms with Crippen molar-refractivity contribution in [3.63, 3.8) is 0 Å². The molecule has 72 valence electrons. The summed E-state index contributed by atoms with van der Waals surface area (Å²) >= 11 is 0. The summed E-state index contributed by atoms with van der Waals surface area (Å²) in [5, 5.41) is 0. The number of benzene rings is 1. The van der Waals surface area contributed by atoms with Gasteiger partial charge >= 0.3 is 0 Å². The first-order valence-corrected chi connectivity index (χ1v) is 5.34. The summed E-state index contributed by atoms with van der Waals surface area (Å²) in [6, 6.07) is 3.46. The maximum absolute atomic E-state index is 13.0. The molecule has 4 heteroatoms. The lowest BCUT2D eigenvalue weighted by Gasteiger charge is -2.07. The lowest BCUT2D eigenvalue weighted by Crippen LogP contribution is -1.98. The van der Waals surface area contributed by atoms with E-state index in [4.69, 9.17) is 4.78 Å². The SMILES string of the molecule is Cc1cc(C)c(S(=N)(=O)F)c(C)c1. The van der Waals surface area contributed by atoms with E-state index >= 15 is 0 Å². The Hall–Kier alpha value is -0.900. The summed E-state index contributed by atoms with van der Waals surface area (Å²) in [7, 11) is -4.08. The lowest BCUT2D eigenvalue weighted by atomic mass is 10.1. The molecule has 1 unspecified atom stereocenters. The van der Waals surface area contributed by atoms with Crippen LogP contribution in [0.2, 0.25) is 0 Å². The molecule has 13 heavy (non-hydrogen) atoms. The van der Waals surface area contributed by atoms with Gasteiger partial charge in [0.1, 0.15) is 0 Å². The highest BCUT2D eigenvalue weighted by molar-refractivity contribution is 7.87. The summed E-state index contributed by atoms with van der Waals surface area (Å²) < 4.78 is 30.8. The fraction of sp³-hybridized carbons (Fsp3) is 0.333. The van der Waals surface area contributed by atoms with Gasteiger partial charge in [-0.2, -0.15) is 0 Å². The molecule has 0 aliphatic heterocycles. The van der Waals surface area contributed by atoms with E-state index in [-0.39, 0.29) is 4.90 Å². The van der Waals surface area contributed by atoms with Gasteiger partial charge in [0.2, 0.25) is 10.1 Å². The molecular formula is C9H12FNOS. The largest absolute Gasteiger partial charge is 0.228 e. The Kier molecular flexibility index (Phi) is 2.43. The van der Waals surface area contributed by atoms with E-state index in [1.54, 1.807) is 26.0 Å². The minimum Gasteiger partial charge on any atom is -0.222 e. The third-order valence-electron chi connectivity index (χ3n) is 1.87. The second-order valence-corrected chi connectivity index (χ2v) is 4.59. The first kappa shape index (κ1) is 10.2. The summed E-state index contributed by atoms with van der Waals surface area (Å²) in [6.07, 6.45) is 0. The van der Waals surface area contributed by atoms with E-state index < -0.39 is 10.1 Å². The van der Waals surface area contributed by atoms with Crippen LogP contribution in [0.25, 0.3) is 0 Å². The molecule has 1 rings (SSSR count). The van der Waals surface area contributed by atoms with Crippen LogP contribution >= 0.6 is 0 Å². The van der Waals surface area contributed by atoms with E-state index in [0.29, 0.717) is 11.1 Å². The molecule has 0 heterocycles. The highest BCUT2D eigenvalue weighted by Crippen LogP contribution is 2.23. The fourth-order valence-electron chi connectivity index (χ4n) is 1.58. The van der Waals surface area contributed by atoms with Crippen molar-refractivity contribution in [1.29, 1.82) is 4.78 Å². The molecule has 1 aromatic rings. The zero-order chi connectivity index (χ0) is 10.2. The van der Waals surface area contributed by atoms with Gasteiger partial charge in [-0.15, -0.1) is 3.89 Å². The molecule has 2 nitrogen and oxygen atoms in total. The Balaban J connectivity index is 3.57. The molecule has 0 spiro atoms. The quantitative estimate of drug-likeness (QED) is 0.697. The van der Waals surface area contributed by atoms with Gasteiger partial charge in [-0.05, 0) is 31.9 Å². The van der Waals surface area contributed by atoms with Gasteiger partial charge < -0.3 is 0 Å². The molecular weight excluding hydrogens is 189 g/mol. The number of hydrogen-bond acceptors (Lipinski definition) is 2. The number of halogens is 1. The average molecular weight is 201 g/mol. The highest BCUT2D eigenvalue weighted by Gasteiger charge is 2.14. The molecule has 0 aliphatic rings. The van der Waals surface area contributed by atoms with Crippen LogP contribution in [0.4, 0.5) is 3.89 Å². The molecule has 0 saturated carbocycles. The summed E-state index contributed by atoms with van der Waals surface area (Å²) in [6.45, 7) is 5.22. The second kappa shape index (κ2) is 3.10. The topological polar surface area (TPSA) is 40.9 Å². The number of hydrogen-bond donors (Lipinski definition) is 1. The Morgan fingerprint density at radius 3 is 1.92 bits per heavy atom. The van der Waals surface area contributed by atoms with Gasteiger partial charge in [0.25, 0.3) is 0 Å². The molecule has 0 fully saturated rings. The molecule has 0 aromatic heterocycles. The molecule has 1 aromatic carbocycles. The third-order valence-corrected chi connectivity index (χ3v) is 3.04. The van der Waals surface area contributed by atoms with Crippen LogP contribution in [-0.4, -0.2) is 4.21 Å². The number of nitrogens with one attached hydrogen (secondary N) is 1. The minimum absolute atomic E-state index is 0.0260. The lowest BCUT2D eigenvalue weighted by molar-refractivity contribution is 0.634. The maximum Gasteiger partial charge on any atom is 0.228 e. The Labute approximate surface area is 78.1 Å². The van der Waals surface area contributed by atoms with E-state index in [9.17, 15) is 8.09 Å². The predicted molar refractivity (Wildman–Crippen MR) is 50.9 cm³/mol. The second-order valence-electron chi connectivity index (χ2n) is 3.21. The van der Waals surface area contributed by atoms with Crippen molar-refractivity contribution in [2.45, 2.75) is 25.7 Å². The van der Waals surface area contributed by atoms with E-state index in [0.717, 1.165) is 5.56 Å². The van der Waals surface area contributed by atoms with Gasteiger partial charge in [-0.3, -0.25) is 0 Å². The van der Waals surface area contributed by atoms with E-state index in [1.807, 2.05) is 6.92 Å².